The van der Waals surface area contributed by atoms with Gasteiger partial charge in [-0.05, 0) is 25.1 Å². The third kappa shape index (κ3) is 2.69. The van der Waals surface area contributed by atoms with Crippen molar-refractivity contribution in [1.29, 1.82) is 5.26 Å². The Morgan fingerprint density at radius 3 is 2.89 bits per heavy atom. The molecule has 19 heavy (non-hydrogen) atoms. The van der Waals surface area contributed by atoms with Gasteiger partial charge in [-0.25, -0.2) is 4.98 Å². The van der Waals surface area contributed by atoms with E-state index >= 15 is 0 Å². The zero-order valence-electron chi connectivity index (χ0n) is 10.0. The van der Waals surface area contributed by atoms with Crippen LogP contribution in [-0.2, 0) is 0 Å². The lowest BCUT2D eigenvalue weighted by Crippen LogP contribution is -2.08. The number of nitro groups is 1. The number of hydrogen-bond acceptors (Lipinski definition) is 6. The van der Waals surface area contributed by atoms with Gasteiger partial charge in [0.05, 0.1) is 17.2 Å². The van der Waals surface area contributed by atoms with Gasteiger partial charge >= 0.3 is 5.69 Å². The van der Waals surface area contributed by atoms with Crippen LogP contribution in [0.3, 0.4) is 0 Å². The number of nitrogens with one attached hydrogen (secondary N) is 1. The fourth-order valence-electron chi connectivity index (χ4n) is 1.59. The van der Waals surface area contributed by atoms with E-state index in [4.69, 9.17) is 9.68 Å². The lowest BCUT2D eigenvalue weighted by Gasteiger charge is -2.11. The average Bonchev–Trinajstić information content (AvgIpc) is 2.92. The van der Waals surface area contributed by atoms with Crippen molar-refractivity contribution in [3.63, 3.8) is 0 Å². The smallest absolute Gasteiger partial charge is 0.305 e. The number of anilines is 1. The topological polar surface area (TPSA) is 105 Å². The molecule has 2 aromatic rings. The highest BCUT2D eigenvalue weighted by atomic mass is 16.6. The molecule has 0 aliphatic carbocycles. The summed E-state index contributed by atoms with van der Waals surface area (Å²) < 4.78 is 5.22. The lowest BCUT2D eigenvalue weighted by molar-refractivity contribution is -0.385. The summed E-state index contributed by atoms with van der Waals surface area (Å²) in [7, 11) is 0. The molecule has 1 atom stereocenters. The summed E-state index contributed by atoms with van der Waals surface area (Å²) >= 11 is 0. The van der Waals surface area contributed by atoms with Crippen LogP contribution in [0.15, 0.2) is 34.9 Å². The molecule has 96 valence electrons. The summed E-state index contributed by atoms with van der Waals surface area (Å²) in [6.07, 6.45) is 1.55. The van der Waals surface area contributed by atoms with E-state index in [0.29, 0.717) is 11.6 Å². The van der Waals surface area contributed by atoms with Crippen molar-refractivity contribution in [2.24, 2.45) is 0 Å². The number of furan rings is 1. The van der Waals surface area contributed by atoms with Crippen molar-refractivity contribution in [3.05, 3.63) is 52.1 Å². The van der Waals surface area contributed by atoms with Gasteiger partial charge in [-0.3, -0.25) is 10.1 Å². The number of nitriles is 1. The Labute approximate surface area is 108 Å². The van der Waals surface area contributed by atoms with Gasteiger partial charge in [0.2, 0.25) is 5.69 Å². The molecule has 2 aromatic heterocycles. The second-order valence-electron chi connectivity index (χ2n) is 3.81. The molecule has 2 rings (SSSR count). The summed E-state index contributed by atoms with van der Waals surface area (Å²) in [5.41, 5.74) is -0.527. The Bertz CT molecular complexity index is 631. The highest BCUT2D eigenvalue weighted by Gasteiger charge is 2.16. The second-order valence-corrected chi connectivity index (χ2v) is 3.81. The third-order valence-electron chi connectivity index (χ3n) is 2.51. The first-order chi connectivity index (χ1) is 9.11. The maximum absolute atomic E-state index is 10.7. The van der Waals surface area contributed by atoms with Gasteiger partial charge in [0.1, 0.15) is 17.6 Å². The zero-order chi connectivity index (χ0) is 13.8. The highest BCUT2D eigenvalue weighted by Crippen LogP contribution is 2.22. The molecular weight excluding hydrogens is 248 g/mol. The van der Waals surface area contributed by atoms with E-state index in [1.807, 2.05) is 6.92 Å². The summed E-state index contributed by atoms with van der Waals surface area (Å²) in [5.74, 6) is 1.09. The maximum atomic E-state index is 10.7. The van der Waals surface area contributed by atoms with Crippen LogP contribution in [-0.4, -0.2) is 9.91 Å². The van der Waals surface area contributed by atoms with Crippen LogP contribution in [0.4, 0.5) is 11.5 Å². The maximum Gasteiger partial charge on any atom is 0.305 e. The largest absolute Gasteiger partial charge is 0.467 e. The second kappa shape index (κ2) is 5.18. The minimum atomic E-state index is -0.634. The van der Waals surface area contributed by atoms with Crippen LogP contribution in [0.1, 0.15) is 24.4 Å². The van der Waals surface area contributed by atoms with Crippen molar-refractivity contribution in [3.8, 4) is 6.07 Å². The van der Waals surface area contributed by atoms with E-state index in [2.05, 4.69) is 10.3 Å². The summed E-state index contributed by atoms with van der Waals surface area (Å²) in [6.45, 7) is 1.86. The van der Waals surface area contributed by atoms with Crippen molar-refractivity contribution >= 4 is 11.5 Å². The van der Waals surface area contributed by atoms with Gasteiger partial charge in [-0.15, -0.1) is 0 Å². The number of hydrogen-bond donors (Lipinski definition) is 1. The van der Waals surface area contributed by atoms with E-state index in [1.165, 1.54) is 12.1 Å². The third-order valence-corrected chi connectivity index (χ3v) is 2.51. The molecule has 7 heteroatoms. The number of nitrogens with zero attached hydrogens (tertiary/aromatic N) is 3. The summed E-state index contributed by atoms with van der Waals surface area (Å²) in [5, 5.41) is 22.5. The molecule has 0 aromatic carbocycles. The monoisotopic (exact) mass is 258 g/mol. The Balaban J connectivity index is 2.23. The van der Waals surface area contributed by atoms with Gasteiger partial charge < -0.3 is 9.73 Å². The minimum Gasteiger partial charge on any atom is -0.467 e. The molecule has 0 bridgehead atoms. The summed E-state index contributed by atoms with van der Waals surface area (Å²) in [4.78, 5) is 14.0. The predicted molar refractivity (Wildman–Crippen MR) is 66.4 cm³/mol. The molecule has 0 radical (unpaired) electrons. The Morgan fingerprint density at radius 2 is 2.32 bits per heavy atom. The van der Waals surface area contributed by atoms with Crippen molar-refractivity contribution < 1.29 is 9.34 Å². The number of rotatable bonds is 4. The SMILES string of the molecule is CC(Nc1ccc([N+](=O)[O-])c(C#N)n1)c1ccco1. The minimum absolute atomic E-state index is 0.157. The van der Waals surface area contributed by atoms with Gasteiger partial charge in [-0.2, -0.15) is 5.26 Å². The van der Waals surface area contributed by atoms with Crippen LogP contribution >= 0.6 is 0 Å². The van der Waals surface area contributed by atoms with E-state index in [9.17, 15) is 10.1 Å². The first kappa shape index (κ1) is 12.6. The van der Waals surface area contributed by atoms with Crippen molar-refractivity contribution in [1.82, 2.24) is 4.98 Å². The van der Waals surface area contributed by atoms with Gasteiger partial charge in [-0.1, -0.05) is 0 Å². The summed E-state index contributed by atoms with van der Waals surface area (Å²) in [6, 6.07) is 7.82. The van der Waals surface area contributed by atoms with E-state index in [-0.39, 0.29) is 17.4 Å². The molecule has 7 nitrogen and oxygen atoms in total. The molecule has 1 N–H and O–H groups in total. The first-order valence-corrected chi connectivity index (χ1v) is 5.47. The van der Waals surface area contributed by atoms with Crippen molar-refractivity contribution in [2.75, 3.05) is 5.32 Å². The standard InChI is InChI=1S/C12H10N4O3/c1-8(11-3-2-6-19-11)14-12-5-4-10(16(17)18)9(7-13)15-12/h2-6,8H,1H3,(H,14,15). The van der Waals surface area contributed by atoms with E-state index < -0.39 is 4.92 Å². The first-order valence-electron chi connectivity index (χ1n) is 5.47. The van der Waals surface area contributed by atoms with Crippen LogP contribution in [0.5, 0.6) is 0 Å². The predicted octanol–water partition coefficient (Wildman–Crippen LogP) is 2.63. The van der Waals surface area contributed by atoms with Crippen LogP contribution < -0.4 is 5.32 Å². The molecule has 0 spiro atoms. The fraction of sp³-hybridized carbons (Fsp3) is 0.167. The van der Waals surface area contributed by atoms with E-state index in [1.54, 1.807) is 24.5 Å². The molecule has 0 amide bonds. The van der Waals surface area contributed by atoms with Crippen LogP contribution in [0.25, 0.3) is 0 Å². The van der Waals surface area contributed by atoms with Gasteiger partial charge in [0, 0.05) is 6.07 Å². The highest BCUT2D eigenvalue weighted by molar-refractivity contribution is 5.50. The molecule has 0 saturated heterocycles. The molecular formula is C12H10N4O3. The molecule has 0 aliphatic rings. The van der Waals surface area contributed by atoms with Gasteiger partial charge in [0.25, 0.3) is 0 Å². The fourth-order valence-corrected chi connectivity index (χ4v) is 1.59. The number of aromatic nitrogens is 1. The molecule has 0 saturated carbocycles. The lowest BCUT2D eigenvalue weighted by atomic mass is 10.2. The quantitative estimate of drug-likeness (QED) is 0.667. The normalized spacial score (nSPS) is 11.6. The molecule has 0 fully saturated rings. The average molecular weight is 258 g/mol. The van der Waals surface area contributed by atoms with E-state index in [0.717, 1.165) is 0 Å². The number of pyridine rings is 1. The van der Waals surface area contributed by atoms with Crippen LogP contribution in [0.2, 0.25) is 0 Å². The van der Waals surface area contributed by atoms with Crippen molar-refractivity contribution in [2.45, 2.75) is 13.0 Å². The Kier molecular flexibility index (Phi) is 3.43. The van der Waals surface area contributed by atoms with Gasteiger partial charge in [0.15, 0.2) is 0 Å². The molecule has 0 aliphatic heterocycles. The molecule has 2 heterocycles. The Hall–Kier alpha value is -2.88. The van der Waals surface area contributed by atoms with Crippen LogP contribution in [0, 0.1) is 21.4 Å². The zero-order valence-corrected chi connectivity index (χ0v) is 10.0. The Morgan fingerprint density at radius 1 is 1.53 bits per heavy atom. The molecule has 1 unspecified atom stereocenters.